The minimum absolute atomic E-state index is 0.0815. The molecule has 2 aromatic heterocycles. The number of nitrogens with one attached hydrogen (secondary N) is 1. The van der Waals surface area contributed by atoms with Crippen LogP contribution in [0.15, 0.2) is 79.1 Å². The SMILES string of the molecule is O=C(OCCCOc1ccc2ncnn2n1)C1CN(C(c2ccccc2)c2ccccc2)CCN1. The van der Waals surface area contributed by atoms with Gasteiger partial charge in [0.2, 0.25) is 5.88 Å². The monoisotopic (exact) mass is 472 g/mol. The lowest BCUT2D eigenvalue weighted by Gasteiger charge is -2.38. The quantitative estimate of drug-likeness (QED) is 0.293. The van der Waals surface area contributed by atoms with Crippen LogP contribution >= 0.6 is 0 Å². The average molecular weight is 473 g/mol. The van der Waals surface area contributed by atoms with Crippen molar-refractivity contribution in [2.45, 2.75) is 18.5 Å². The first-order valence-corrected chi connectivity index (χ1v) is 11.8. The number of nitrogens with zero attached hydrogens (tertiary/aromatic N) is 5. The summed E-state index contributed by atoms with van der Waals surface area (Å²) >= 11 is 0. The highest BCUT2D eigenvalue weighted by Gasteiger charge is 2.31. The number of aromatic nitrogens is 4. The van der Waals surface area contributed by atoms with E-state index in [0.717, 1.165) is 13.1 Å². The van der Waals surface area contributed by atoms with Crippen molar-refractivity contribution in [2.75, 3.05) is 32.8 Å². The molecule has 1 atom stereocenters. The molecule has 1 N–H and O–H groups in total. The number of benzene rings is 2. The molecule has 1 aliphatic rings. The van der Waals surface area contributed by atoms with E-state index in [9.17, 15) is 4.79 Å². The Hall–Kier alpha value is -3.82. The maximum Gasteiger partial charge on any atom is 0.324 e. The van der Waals surface area contributed by atoms with E-state index < -0.39 is 0 Å². The third-order valence-electron chi connectivity index (χ3n) is 5.99. The summed E-state index contributed by atoms with van der Waals surface area (Å²) in [6, 6.07) is 24.1. The van der Waals surface area contributed by atoms with Crippen LogP contribution in [0.5, 0.6) is 5.88 Å². The molecule has 1 fully saturated rings. The number of rotatable bonds is 9. The summed E-state index contributed by atoms with van der Waals surface area (Å²) in [5.74, 6) is 0.212. The second kappa shape index (κ2) is 11.1. The number of hydrogen-bond donors (Lipinski definition) is 1. The van der Waals surface area contributed by atoms with Gasteiger partial charge in [-0.05, 0) is 17.2 Å². The van der Waals surface area contributed by atoms with E-state index in [-0.39, 0.29) is 24.7 Å². The fourth-order valence-electron chi connectivity index (χ4n) is 4.34. The zero-order valence-corrected chi connectivity index (χ0v) is 19.4. The minimum Gasteiger partial charge on any atom is -0.476 e. The first-order valence-electron chi connectivity index (χ1n) is 11.8. The van der Waals surface area contributed by atoms with Crippen molar-refractivity contribution in [1.82, 2.24) is 30.0 Å². The highest BCUT2D eigenvalue weighted by atomic mass is 16.5. The number of ether oxygens (including phenoxy) is 2. The number of fused-ring (bicyclic) bond motifs is 1. The van der Waals surface area contributed by atoms with Crippen LogP contribution in [0.1, 0.15) is 23.6 Å². The molecular weight excluding hydrogens is 444 g/mol. The molecule has 0 saturated carbocycles. The Morgan fingerprint density at radius 1 is 1.00 bits per heavy atom. The maximum absolute atomic E-state index is 12.8. The summed E-state index contributed by atoms with van der Waals surface area (Å²) in [6.07, 6.45) is 2.00. The Morgan fingerprint density at radius 2 is 1.74 bits per heavy atom. The summed E-state index contributed by atoms with van der Waals surface area (Å²) in [5, 5.41) is 11.5. The van der Waals surface area contributed by atoms with Crippen molar-refractivity contribution < 1.29 is 14.3 Å². The highest BCUT2D eigenvalue weighted by molar-refractivity contribution is 5.76. The molecule has 3 heterocycles. The van der Waals surface area contributed by atoms with Crippen molar-refractivity contribution in [2.24, 2.45) is 0 Å². The lowest BCUT2D eigenvalue weighted by Crippen LogP contribution is -2.55. The van der Waals surface area contributed by atoms with Gasteiger partial charge in [0, 0.05) is 32.1 Å². The second-order valence-corrected chi connectivity index (χ2v) is 8.37. The molecule has 4 aromatic rings. The van der Waals surface area contributed by atoms with E-state index in [1.807, 2.05) is 12.1 Å². The molecular formula is C26H28N6O3. The lowest BCUT2D eigenvalue weighted by atomic mass is 9.96. The average Bonchev–Trinajstić information content (AvgIpc) is 3.38. The Bertz CT molecular complexity index is 1190. The van der Waals surface area contributed by atoms with Crippen molar-refractivity contribution in [3.63, 3.8) is 0 Å². The predicted molar refractivity (Wildman–Crippen MR) is 130 cm³/mol. The fourth-order valence-corrected chi connectivity index (χ4v) is 4.34. The highest BCUT2D eigenvalue weighted by Crippen LogP contribution is 2.29. The van der Waals surface area contributed by atoms with Crippen molar-refractivity contribution >= 4 is 11.6 Å². The molecule has 9 heteroatoms. The molecule has 2 aromatic carbocycles. The van der Waals surface area contributed by atoms with Gasteiger partial charge in [-0.25, -0.2) is 4.98 Å². The van der Waals surface area contributed by atoms with Gasteiger partial charge in [-0.15, -0.1) is 14.8 Å². The molecule has 1 aliphatic heterocycles. The topological polar surface area (TPSA) is 93.9 Å². The Labute approximate surface area is 203 Å². The summed E-state index contributed by atoms with van der Waals surface area (Å²) in [7, 11) is 0. The minimum atomic E-state index is -0.379. The number of carbonyl (C=O) groups excluding carboxylic acids is 1. The fraction of sp³-hybridized carbons (Fsp3) is 0.308. The van der Waals surface area contributed by atoms with Gasteiger partial charge in [0.25, 0.3) is 0 Å². The van der Waals surface area contributed by atoms with Crippen molar-refractivity contribution in [3.05, 3.63) is 90.3 Å². The van der Waals surface area contributed by atoms with Crippen molar-refractivity contribution in [3.8, 4) is 5.88 Å². The van der Waals surface area contributed by atoms with E-state index in [1.54, 1.807) is 12.1 Å². The van der Waals surface area contributed by atoms with Gasteiger partial charge < -0.3 is 14.8 Å². The number of piperazine rings is 1. The van der Waals surface area contributed by atoms with Crippen LogP contribution in [-0.2, 0) is 9.53 Å². The summed E-state index contributed by atoms with van der Waals surface area (Å²) in [4.78, 5) is 19.2. The first-order chi connectivity index (χ1) is 17.3. The zero-order chi connectivity index (χ0) is 23.9. The largest absolute Gasteiger partial charge is 0.476 e. The van der Waals surface area contributed by atoms with Gasteiger partial charge in [-0.2, -0.15) is 0 Å². The first kappa shape index (κ1) is 22.9. The molecule has 9 nitrogen and oxygen atoms in total. The van der Waals surface area contributed by atoms with Crippen molar-refractivity contribution in [1.29, 1.82) is 0 Å². The molecule has 0 radical (unpaired) electrons. The third kappa shape index (κ3) is 5.64. The smallest absolute Gasteiger partial charge is 0.324 e. The number of esters is 1. The van der Waals surface area contributed by atoms with Gasteiger partial charge in [0.15, 0.2) is 5.65 Å². The molecule has 1 saturated heterocycles. The van der Waals surface area contributed by atoms with Gasteiger partial charge in [0.05, 0.1) is 19.3 Å². The van der Waals surface area contributed by atoms with E-state index in [1.165, 1.54) is 22.1 Å². The van der Waals surface area contributed by atoms with Gasteiger partial charge in [-0.1, -0.05) is 60.7 Å². The van der Waals surface area contributed by atoms with E-state index >= 15 is 0 Å². The molecule has 0 aliphatic carbocycles. The summed E-state index contributed by atoms with van der Waals surface area (Å²) in [5.41, 5.74) is 3.08. The molecule has 0 amide bonds. The Balaban J connectivity index is 1.14. The molecule has 180 valence electrons. The van der Waals surface area contributed by atoms with E-state index in [2.05, 4.69) is 73.9 Å². The summed E-state index contributed by atoms with van der Waals surface area (Å²) < 4.78 is 12.6. The number of hydrogen-bond acceptors (Lipinski definition) is 8. The Morgan fingerprint density at radius 3 is 2.49 bits per heavy atom. The van der Waals surface area contributed by atoms with Crippen LogP contribution in [0.25, 0.3) is 5.65 Å². The van der Waals surface area contributed by atoms with Gasteiger partial charge in [-0.3, -0.25) is 9.69 Å². The summed E-state index contributed by atoms with van der Waals surface area (Å²) in [6.45, 7) is 2.80. The second-order valence-electron chi connectivity index (χ2n) is 8.37. The normalized spacial score (nSPS) is 16.4. The molecule has 1 unspecified atom stereocenters. The maximum atomic E-state index is 12.8. The predicted octanol–water partition coefficient (Wildman–Crippen LogP) is 2.50. The molecule has 0 bridgehead atoms. The van der Waals surface area contributed by atoms with Crippen LogP contribution in [-0.4, -0.2) is 69.6 Å². The van der Waals surface area contributed by atoms with Crippen LogP contribution in [0.4, 0.5) is 0 Å². The van der Waals surface area contributed by atoms with E-state index in [4.69, 9.17) is 9.47 Å². The van der Waals surface area contributed by atoms with Crippen LogP contribution < -0.4 is 10.1 Å². The van der Waals surface area contributed by atoms with Gasteiger partial charge in [0.1, 0.15) is 12.4 Å². The van der Waals surface area contributed by atoms with E-state index in [0.29, 0.717) is 31.1 Å². The standard InChI is InChI=1S/C26H28N6O3/c33-26(35-17-7-16-34-24-13-12-23-28-19-29-32(23)30-24)22-18-31(15-14-27-22)25(20-8-3-1-4-9-20)21-10-5-2-6-11-21/h1-6,8-13,19,22,25,27H,7,14-18H2. The van der Waals surface area contributed by atoms with Crippen LogP contribution in [0.3, 0.4) is 0 Å². The third-order valence-corrected chi connectivity index (χ3v) is 5.99. The Kier molecular flexibility index (Phi) is 7.26. The van der Waals surface area contributed by atoms with Crippen LogP contribution in [0, 0.1) is 0 Å². The zero-order valence-electron chi connectivity index (χ0n) is 19.4. The lowest BCUT2D eigenvalue weighted by molar-refractivity contribution is -0.147. The van der Waals surface area contributed by atoms with Crippen LogP contribution in [0.2, 0.25) is 0 Å². The molecule has 35 heavy (non-hydrogen) atoms. The van der Waals surface area contributed by atoms with Gasteiger partial charge >= 0.3 is 5.97 Å². The number of carbonyl (C=O) groups is 1. The molecule has 0 spiro atoms. The molecule has 5 rings (SSSR count).